The number of carbonyl (C=O) groups excluding carboxylic acids is 1. The lowest BCUT2D eigenvalue weighted by Crippen LogP contribution is -2.55. The van der Waals surface area contributed by atoms with Crippen LogP contribution in [0.3, 0.4) is 0 Å². The van der Waals surface area contributed by atoms with Crippen molar-refractivity contribution in [2.75, 3.05) is 13.2 Å². The summed E-state index contributed by atoms with van der Waals surface area (Å²) in [6, 6.07) is 7.64. The first-order valence-electron chi connectivity index (χ1n) is 6.04. The number of ether oxygens (including phenoxy) is 1. The van der Waals surface area contributed by atoms with E-state index < -0.39 is 0 Å². The van der Waals surface area contributed by atoms with Crippen LogP contribution in [0.25, 0.3) is 0 Å². The number of amides is 1. The monoisotopic (exact) mass is 348 g/mol. The zero-order valence-electron chi connectivity index (χ0n) is 10.7. The van der Waals surface area contributed by atoms with Gasteiger partial charge in [0.15, 0.2) is 0 Å². The number of rotatable bonds is 3. The molecule has 0 unspecified atom stereocenters. The van der Waals surface area contributed by atoms with Crippen LogP contribution in [0.1, 0.15) is 12.5 Å². The van der Waals surface area contributed by atoms with Gasteiger partial charge in [0.05, 0.1) is 12.7 Å². The first-order valence-corrected chi connectivity index (χ1v) is 6.83. The maximum atomic E-state index is 12.0. The fraction of sp³-hybridized carbons (Fsp3) is 0.462. The topological polar surface area (TPSA) is 50.4 Å². The third kappa shape index (κ3) is 4.76. The Labute approximate surface area is 127 Å². The Bertz CT molecular complexity index is 414. The Morgan fingerprint density at radius 1 is 1.47 bits per heavy atom. The number of morpholine rings is 1. The van der Waals surface area contributed by atoms with Crippen molar-refractivity contribution in [3.05, 3.63) is 34.3 Å². The van der Waals surface area contributed by atoms with Gasteiger partial charge in [-0.25, -0.2) is 0 Å². The van der Waals surface area contributed by atoms with Gasteiger partial charge in [0.2, 0.25) is 5.91 Å². The van der Waals surface area contributed by atoms with Gasteiger partial charge < -0.3 is 15.4 Å². The Hall–Kier alpha value is -0.620. The molecule has 2 atom stereocenters. The molecule has 1 saturated heterocycles. The first-order chi connectivity index (χ1) is 8.66. The van der Waals surface area contributed by atoms with Crippen molar-refractivity contribution in [3.8, 4) is 0 Å². The van der Waals surface area contributed by atoms with E-state index in [0.29, 0.717) is 13.2 Å². The molecule has 0 radical (unpaired) electrons. The number of halogens is 2. The van der Waals surface area contributed by atoms with Crippen molar-refractivity contribution in [2.45, 2.75) is 25.6 Å². The predicted molar refractivity (Wildman–Crippen MR) is 80.4 cm³/mol. The summed E-state index contributed by atoms with van der Waals surface area (Å²) in [7, 11) is 0. The summed E-state index contributed by atoms with van der Waals surface area (Å²) in [6.45, 7) is 3.84. The molecule has 0 spiro atoms. The molecule has 1 heterocycles. The lowest BCUT2D eigenvalue weighted by molar-refractivity contribution is -0.129. The number of benzene rings is 1. The van der Waals surface area contributed by atoms with E-state index in [1.807, 2.05) is 31.2 Å². The van der Waals surface area contributed by atoms with Crippen molar-refractivity contribution in [1.29, 1.82) is 0 Å². The zero-order chi connectivity index (χ0) is 13.0. The molecular formula is C13H18BrClN2O2. The summed E-state index contributed by atoms with van der Waals surface area (Å²) in [5.41, 5.74) is 1.08. The Morgan fingerprint density at radius 3 is 2.79 bits per heavy atom. The summed E-state index contributed by atoms with van der Waals surface area (Å²) >= 11 is 3.38. The standard InChI is InChI=1S/C13H17BrN2O2.ClH/c1-9-12(15-6-7-18-9)13(17)16-8-10-2-4-11(14)5-3-10;/h2-5,9,12,15H,6-8H2,1H3,(H,16,17);1H/t9-,12+;/m1./s1. The second-order valence-corrected chi connectivity index (χ2v) is 5.27. The number of hydrogen-bond donors (Lipinski definition) is 2. The quantitative estimate of drug-likeness (QED) is 0.876. The molecule has 1 aromatic carbocycles. The van der Waals surface area contributed by atoms with Crippen LogP contribution in [0.4, 0.5) is 0 Å². The molecule has 0 aliphatic carbocycles. The lowest BCUT2D eigenvalue weighted by atomic mass is 10.1. The van der Waals surface area contributed by atoms with E-state index in [4.69, 9.17) is 4.74 Å². The minimum absolute atomic E-state index is 0. The Balaban J connectivity index is 0.00000180. The summed E-state index contributed by atoms with van der Waals surface area (Å²) in [5.74, 6) is -0.00915. The molecule has 0 aromatic heterocycles. The molecule has 1 aliphatic heterocycles. The highest BCUT2D eigenvalue weighted by Crippen LogP contribution is 2.10. The van der Waals surface area contributed by atoms with Gasteiger partial charge in [-0.3, -0.25) is 4.79 Å². The number of nitrogens with one attached hydrogen (secondary N) is 2. The van der Waals surface area contributed by atoms with Crippen molar-refractivity contribution in [3.63, 3.8) is 0 Å². The average Bonchev–Trinajstić information content (AvgIpc) is 2.38. The largest absolute Gasteiger partial charge is 0.375 e. The maximum Gasteiger partial charge on any atom is 0.240 e. The van der Waals surface area contributed by atoms with E-state index in [9.17, 15) is 4.79 Å². The van der Waals surface area contributed by atoms with E-state index in [0.717, 1.165) is 16.6 Å². The normalized spacial score (nSPS) is 22.4. The van der Waals surface area contributed by atoms with Gasteiger partial charge in [0.1, 0.15) is 6.04 Å². The van der Waals surface area contributed by atoms with Gasteiger partial charge in [0.25, 0.3) is 0 Å². The van der Waals surface area contributed by atoms with Crippen molar-refractivity contribution < 1.29 is 9.53 Å². The fourth-order valence-electron chi connectivity index (χ4n) is 1.93. The van der Waals surface area contributed by atoms with Crippen LogP contribution in [0.2, 0.25) is 0 Å². The van der Waals surface area contributed by atoms with Gasteiger partial charge in [-0.2, -0.15) is 0 Å². The average molecular weight is 350 g/mol. The minimum Gasteiger partial charge on any atom is -0.375 e. The van der Waals surface area contributed by atoms with Crippen LogP contribution in [-0.2, 0) is 16.1 Å². The third-order valence-electron chi connectivity index (χ3n) is 2.98. The first kappa shape index (κ1) is 16.4. The molecule has 4 nitrogen and oxygen atoms in total. The smallest absolute Gasteiger partial charge is 0.240 e. The van der Waals surface area contributed by atoms with Gasteiger partial charge in [-0.05, 0) is 24.6 Å². The number of carbonyl (C=O) groups is 1. The van der Waals surface area contributed by atoms with Crippen molar-refractivity contribution >= 4 is 34.2 Å². The van der Waals surface area contributed by atoms with Gasteiger partial charge >= 0.3 is 0 Å². The van der Waals surface area contributed by atoms with Crippen LogP contribution >= 0.6 is 28.3 Å². The van der Waals surface area contributed by atoms with Crippen LogP contribution in [-0.4, -0.2) is 31.2 Å². The maximum absolute atomic E-state index is 12.0. The number of hydrogen-bond acceptors (Lipinski definition) is 3. The zero-order valence-corrected chi connectivity index (χ0v) is 13.1. The second kappa shape index (κ2) is 7.85. The van der Waals surface area contributed by atoms with Gasteiger partial charge in [0, 0.05) is 17.6 Å². The Morgan fingerprint density at radius 2 is 2.16 bits per heavy atom. The molecule has 0 saturated carbocycles. The molecule has 1 aromatic rings. The summed E-state index contributed by atoms with van der Waals surface area (Å²) in [5, 5.41) is 6.09. The Kier molecular flexibility index (Phi) is 6.79. The molecule has 106 valence electrons. The van der Waals surface area contributed by atoms with E-state index in [1.165, 1.54) is 0 Å². The molecule has 0 bridgehead atoms. The van der Waals surface area contributed by atoms with E-state index in [1.54, 1.807) is 0 Å². The van der Waals surface area contributed by atoms with Crippen LogP contribution < -0.4 is 10.6 Å². The molecule has 19 heavy (non-hydrogen) atoms. The molecule has 2 N–H and O–H groups in total. The molecule has 1 amide bonds. The summed E-state index contributed by atoms with van der Waals surface area (Å²) in [4.78, 5) is 12.0. The van der Waals surface area contributed by atoms with Gasteiger partial charge in [-0.15, -0.1) is 12.4 Å². The van der Waals surface area contributed by atoms with Gasteiger partial charge in [-0.1, -0.05) is 28.1 Å². The SMILES string of the molecule is C[C@H]1OCCN[C@@H]1C(=O)NCc1ccc(Br)cc1.Cl. The highest BCUT2D eigenvalue weighted by Gasteiger charge is 2.27. The van der Waals surface area contributed by atoms with Crippen LogP contribution in [0.15, 0.2) is 28.7 Å². The molecule has 1 aliphatic rings. The van der Waals surface area contributed by atoms with E-state index in [2.05, 4.69) is 26.6 Å². The molecule has 2 rings (SSSR count). The van der Waals surface area contributed by atoms with Crippen molar-refractivity contribution in [1.82, 2.24) is 10.6 Å². The minimum atomic E-state index is -0.255. The molecular weight excluding hydrogens is 332 g/mol. The lowest BCUT2D eigenvalue weighted by Gasteiger charge is -2.29. The third-order valence-corrected chi connectivity index (χ3v) is 3.51. The van der Waals surface area contributed by atoms with Crippen LogP contribution in [0.5, 0.6) is 0 Å². The summed E-state index contributed by atoms with van der Waals surface area (Å²) in [6.07, 6.45) is -0.0799. The predicted octanol–water partition coefficient (Wildman–Crippen LogP) is 1.86. The highest BCUT2D eigenvalue weighted by molar-refractivity contribution is 9.10. The van der Waals surface area contributed by atoms with E-state index in [-0.39, 0.29) is 30.5 Å². The molecule has 6 heteroatoms. The second-order valence-electron chi connectivity index (χ2n) is 4.35. The fourth-order valence-corrected chi connectivity index (χ4v) is 2.19. The van der Waals surface area contributed by atoms with Crippen molar-refractivity contribution in [2.24, 2.45) is 0 Å². The summed E-state index contributed by atoms with van der Waals surface area (Å²) < 4.78 is 6.49. The van der Waals surface area contributed by atoms with Crippen LogP contribution in [0, 0.1) is 0 Å². The van der Waals surface area contributed by atoms with E-state index >= 15 is 0 Å². The highest BCUT2D eigenvalue weighted by atomic mass is 79.9. The molecule has 1 fully saturated rings.